The number of rotatable bonds is 2. The molecule has 0 amide bonds. The van der Waals surface area contributed by atoms with Gasteiger partial charge in [-0.1, -0.05) is 57.5 Å². The van der Waals surface area contributed by atoms with E-state index in [1.165, 1.54) is 5.57 Å². The first-order valence-corrected chi connectivity index (χ1v) is 7.84. The van der Waals surface area contributed by atoms with E-state index in [4.69, 9.17) is 0 Å². The largest absolute Gasteiger partial charge is 0.508 e. The van der Waals surface area contributed by atoms with Crippen LogP contribution in [0.15, 0.2) is 54.1 Å². The Morgan fingerprint density at radius 3 is 1.09 bits per heavy atom. The van der Waals surface area contributed by atoms with E-state index in [0.29, 0.717) is 0 Å². The quantitative estimate of drug-likeness (QED) is 0.715. The third-order valence-electron chi connectivity index (χ3n) is 2.81. The van der Waals surface area contributed by atoms with Crippen molar-refractivity contribution in [3.63, 3.8) is 0 Å². The normalized spacial score (nSPS) is 8.82. The van der Waals surface area contributed by atoms with Gasteiger partial charge in [0.15, 0.2) is 0 Å². The van der Waals surface area contributed by atoms with Crippen molar-refractivity contribution in [3.05, 3.63) is 65.2 Å². The molecule has 0 atom stereocenters. The van der Waals surface area contributed by atoms with Crippen molar-refractivity contribution in [2.45, 2.75) is 41.5 Å². The Bertz CT molecular complexity index is 512. The maximum absolute atomic E-state index is 9.33. The van der Waals surface area contributed by atoms with Crippen molar-refractivity contribution in [1.29, 1.82) is 0 Å². The fourth-order valence-corrected chi connectivity index (χ4v) is 2.00. The number of aromatic hydroxyl groups is 2. The lowest BCUT2D eigenvalue weighted by Crippen LogP contribution is -1.90. The van der Waals surface area contributed by atoms with Crippen LogP contribution in [0.1, 0.15) is 52.7 Å². The number of allylic oxidation sites excluding steroid dienone is 1. The SMILES string of the molecule is CC.CC.CC(C)=C(c1ccc(O)cc1)c1ccc(O)cc1. The summed E-state index contributed by atoms with van der Waals surface area (Å²) in [6.07, 6.45) is 0. The van der Waals surface area contributed by atoms with Crippen molar-refractivity contribution in [2.75, 3.05) is 0 Å². The maximum atomic E-state index is 9.33. The van der Waals surface area contributed by atoms with Gasteiger partial charge < -0.3 is 10.2 Å². The van der Waals surface area contributed by atoms with Crippen molar-refractivity contribution in [2.24, 2.45) is 0 Å². The zero-order chi connectivity index (χ0) is 17.1. The van der Waals surface area contributed by atoms with Gasteiger partial charge in [0, 0.05) is 0 Å². The molecule has 0 radical (unpaired) electrons. The Balaban J connectivity index is 0.00000102. The summed E-state index contributed by atoms with van der Waals surface area (Å²) in [5.41, 5.74) is 4.42. The van der Waals surface area contributed by atoms with E-state index in [-0.39, 0.29) is 11.5 Å². The van der Waals surface area contributed by atoms with Crippen molar-refractivity contribution >= 4 is 5.57 Å². The zero-order valence-corrected chi connectivity index (χ0v) is 14.5. The standard InChI is InChI=1S/C16H16O2.2C2H6/c1-11(2)16(12-3-7-14(17)8-4-12)13-5-9-15(18)10-6-13;2*1-2/h3-10,17-18H,1-2H3;2*1-2H3. The maximum Gasteiger partial charge on any atom is 0.115 e. The van der Waals surface area contributed by atoms with Crippen molar-refractivity contribution in [3.8, 4) is 11.5 Å². The topological polar surface area (TPSA) is 40.5 Å². The number of phenols is 2. The van der Waals surface area contributed by atoms with E-state index in [1.54, 1.807) is 24.3 Å². The average molecular weight is 300 g/mol. The van der Waals surface area contributed by atoms with Crippen LogP contribution in [0.25, 0.3) is 5.57 Å². The molecule has 2 nitrogen and oxygen atoms in total. The van der Waals surface area contributed by atoms with Crippen molar-refractivity contribution < 1.29 is 10.2 Å². The molecule has 0 aliphatic rings. The zero-order valence-electron chi connectivity index (χ0n) is 14.5. The highest BCUT2D eigenvalue weighted by atomic mass is 16.3. The van der Waals surface area contributed by atoms with Gasteiger partial charge in [0.25, 0.3) is 0 Å². The minimum atomic E-state index is 0.262. The molecule has 0 aromatic heterocycles. The Kier molecular flexibility index (Phi) is 9.44. The highest BCUT2D eigenvalue weighted by Crippen LogP contribution is 2.28. The highest BCUT2D eigenvalue weighted by Gasteiger charge is 2.07. The summed E-state index contributed by atoms with van der Waals surface area (Å²) in [6, 6.07) is 14.3. The second-order valence-corrected chi connectivity index (χ2v) is 4.47. The van der Waals surface area contributed by atoms with Crippen LogP contribution in [0.4, 0.5) is 0 Å². The Morgan fingerprint density at radius 2 is 0.864 bits per heavy atom. The van der Waals surface area contributed by atoms with Gasteiger partial charge in [0.05, 0.1) is 0 Å². The molecule has 2 rings (SSSR count). The molecule has 0 aliphatic carbocycles. The lowest BCUT2D eigenvalue weighted by Gasteiger charge is -2.11. The number of benzene rings is 2. The summed E-state index contributed by atoms with van der Waals surface area (Å²) in [7, 11) is 0. The number of hydrogen-bond acceptors (Lipinski definition) is 2. The Hall–Kier alpha value is -2.22. The van der Waals surface area contributed by atoms with Crippen molar-refractivity contribution in [1.82, 2.24) is 0 Å². The fraction of sp³-hybridized carbons (Fsp3) is 0.300. The lowest BCUT2D eigenvalue weighted by atomic mass is 9.94. The third-order valence-corrected chi connectivity index (χ3v) is 2.81. The van der Waals surface area contributed by atoms with Crippen LogP contribution in [-0.4, -0.2) is 10.2 Å². The van der Waals surface area contributed by atoms with Gasteiger partial charge in [0.2, 0.25) is 0 Å². The Morgan fingerprint density at radius 1 is 0.591 bits per heavy atom. The van der Waals surface area contributed by atoms with Crippen LogP contribution < -0.4 is 0 Å². The third kappa shape index (κ3) is 5.65. The Labute approximate surface area is 134 Å². The van der Waals surface area contributed by atoms with Crippen LogP contribution in [0.2, 0.25) is 0 Å². The molecule has 2 aromatic rings. The molecule has 0 spiro atoms. The van der Waals surface area contributed by atoms with Gasteiger partial charge in [-0.05, 0) is 54.8 Å². The van der Waals surface area contributed by atoms with Gasteiger partial charge in [-0.2, -0.15) is 0 Å². The predicted molar refractivity (Wildman–Crippen MR) is 96.3 cm³/mol. The molecule has 0 unspecified atom stereocenters. The van der Waals surface area contributed by atoms with Crippen LogP contribution >= 0.6 is 0 Å². The smallest absolute Gasteiger partial charge is 0.115 e. The average Bonchev–Trinajstić information content (AvgIpc) is 2.55. The minimum Gasteiger partial charge on any atom is -0.508 e. The van der Waals surface area contributed by atoms with Gasteiger partial charge in [-0.25, -0.2) is 0 Å². The molecule has 0 heterocycles. The van der Waals surface area contributed by atoms with Crippen LogP contribution in [-0.2, 0) is 0 Å². The molecule has 0 saturated carbocycles. The molecule has 2 N–H and O–H groups in total. The van der Waals surface area contributed by atoms with E-state index >= 15 is 0 Å². The van der Waals surface area contributed by atoms with Gasteiger partial charge in [-0.15, -0.1) is 0 Å². The summed E-state index contributed by atoms with van der Waals surface area (Å²) in [5, 5.41) is 18.7. The first-order valence-electron chi connectivity index (χ1n) is 7.84. The van der Waals surface area contributed by atoms with E-state index in [9.17, 15) is 10.2 Å². The predicted octanol–water partition coefficient (Wildman–Crippen LogP) is 5.99. The summed E-state index contributed by atoms with van der Waals surface area (Å²) in [6.45, 7) is 12.1. The van der Waals surface area contributed by atoms with Gasteiger partial charge in [-0.3, -0.25) is 0 Å². The molecule has 2 heteroatoms. The molecular weight excluding hydrogens is 272 g/mol. The van der Waals surface area contributed by atoms with Gasteiger partial charge >= 0.3 is 0 Å². The first-order chi connectivity index (χ1) is 10.6. The molecule has 120 valence electrons. The van der Waals surface area contributed by atoms with Crippen LogP contribution in [0, 0.1) is 0 Å². The van der Waals surface area contributed by atoms with E-state index in [1.807, 2.05) is 52.0 Å². The summed E-state index contributed by atoms with van der Waals surface area (Å²) in [4.78, 5) is 0. The molecule has 0 fully saturated rings. The summed E-state index contributed by atoms with van der Waals surface area (Å²) in [5.74, 6) is 0.523. The van der Waals surface area contributed by atoms with E-state index in [0.717, 1.165) is 16.7 Å². The molecule has 22 heavy (non-hydrogen) atoms. The van der Waals surface area contributed by atoms with E-state index < -0.39 is 0 Å². The van der Waals surface area contributed by atoms with Crippen LogP contribution in [0.3, 0.4) is 0 Å². The fourth-order valence-electron chi connectivity index (χ4n) is 2.00. The number of hydrogen-bond donors (Lipinski definition) is 2. The van der Waals surface area contributed by atoms with E-state index in [2.05, 4.69) is 13.8 Å². The lowest BCUT2D eigenvalue weighted by molar-refractivity contribution is 0.475. The first kappa shape index (κ1) is 19.8. The molecule has 0 aliphatic heterocycles. The second kappa shape index (κ2) is 10.5. The monoisotopic (exact) mass is 300 g/mol. The highest BCUT2D eigenvalue weighted by molar-refractivity contribution is 5.82. The summed E-state index contributed by atoms with van der Waals surface area (Å²) >= 11 is 0. The minimum absolute atomic E-state index is 0.262. The van der Waals surface area contributed by atoms with Crippen LogP contribution in [0.5, 0.6) is 11.5 Å². The van der Waals surface area contributed by atoms with Gasteiger partial charge in [0.1, 0.15) is 11.5 Å². The molecule has 0 saturated heterocycles. The summed E-state index contributed by atoms with van der Waals surface area (Å²) < 4.78 is 0. The second-order valence-electron chi connectivity index (χ2n) is 4.47. The number of phenolic OH excluding ortho intramolecular Hbond substituents is 2. The molecule has 2 aromatic carbocycles. The molecular formula is C20H28O2. The molecule has 0 bridgehead atoms.